The van der Waals surface area contributed by atoms with E-state index in [4.69, 9.17) is 9.47 Å². The second kappa shape index (κ2) is 35.9. The summed E-state index contributed by atoms with van der Waals surface area (Å²) >= 11 is 0. The van der Waals surface area contributed by atoms with Crippen molar-refractivity contribution in [3.05, 3.63) is 24.3 Å². The van der Waals surface area contributed by atoms with Crippen molar-refractivity contribution in [2.45, 2.75) is 200 Å². The highest BCUT2D eigenvalue weighted by molar-refractivity contribution is 5.70. The van der Waals surface area contributed by atoms with Crippen LogP contribution in [0.15, 0.2) is 24.3 Å². The van der Waals surface area contributed by atoms with Gasteiger partial charge in [-0.1, -0.05) is 173 Å². The number of carbonyl (C=O) groups is 2. The molecule has 0 amide bonds. The maximum Gasteiger partial charge on any atom is 0.306 e. The Balaban J connectivity index is 3.59. The third-order valence-corrected chi connectivity index (χ3v) is 8.26. The average molecular weight is 621 g/mol. The largest absolute Gasteiger partial charge is 0.462 e. The van der Waals surface area contributed by atoms with Gasteiger partial charge in [0.05, 0.1) is 6.61 Å². The fourth-order valence-corrected chi connectivity index (χ4v) is 5.37. The van der Waals surface area contributed by atoms with Crippen molar-refractivity contribution >= 4 is 11.9 Å². The number of hydrogen-bond donors (Lipinski definition) is 1. The van der Waals surface area contributed by atoms with E-state index in [2.05, 4.69) is 32.1 Å². The van der Waals surface area contributed by atoms with Crippen LogP contribution in [-0.2, 0) is 19.1 Å². The van der Waals surface area contributed by atoms with Crippen LogP contribution in [0.25, 0.3) is 0 Å². The van der Waals surface area contributed by atoms with Crippen LogP contribution in [0.3, 0.4) is 0 Å². The van der Waals surface area contributed by atoms with Gasteiger partial charge in [-0.25, -0.2) is 0 Å². The van der Waals surface area contributed by atoms with Gasteiger partial charge in [0.25, 0.3) is 0 Å². The Labute approximate surface area is 273 Å². The van der Waals surface area contributed by atoms with E-state index in [-0.39, 0.29) is 31.6 Å². The summed E-state index contributed by atoms with van der Waals surface area (Å²) in [6, 6.07) is 0. The third-order valence-electron chi connectivity index (χ3n) is 8.26. The van der Waals surface area contributed by atoms with Crippen LogP contribution in [0.2, 0.25) is 0 Å². The molecule has 0 saturated heterocycles. The van der Waals surface area contributed by atoms with E-state index in [1.807, 2.05) is 6.08 Å². The molecule has 5 heteroatoms. The van der Waals surface area contributed by atoms with E-state index < -0.39 is 6.10 Å². The highest BCUT2D eigenvalue weighted by Gasteiger charge is 2.15. The summed E-state index contributed by atoms with van der Waals surface area (Å²) in [6.07, 6.45) is 41.1. The quantitative estimate of drug-likeness (QED) is 0.0440. The number of allylic oxidation sites excluding steroid dienone is 4. The van der Waals surface area contributed by atoms with E-state index in [1.165, 1.54) is 128 Å². The van der Waals surface area contributed by atoms with Crippen molar-refractivity contribution in [2.24, 2.45) is 0 Å². The van der Waals surface area contributed by atoms with Gasteiger partial charge in [-0.15, -0.1) is 0 Å². The zero-order valence-electron chi connectivity index (χ0n) is 29.2. The topological polar surface area (TPSA) is 72.8 Å². The zero-order valence-corrected chi connectivity index (χ0v) is 29.2. The number of rotatable bonds is 34. The first kappa shape index (κ1) is 42.4. The summed E-state index contributed by atoms with van der Waals surface area (Å²) in [4.78, 5) is 24.1. The molecule has 0 aliphatic heterocycles. The van der Waals surface area contributed by atoms with Gasteiger partial charge in [-0.3, -0.25) is 9.59 Å². The third kappa shape index (κ3) is 33.3. The molecule has 1 unspecified atom stereocenters. The lowest BCUT2D eigenvalue weighted by atomic mass is 10.0. The Hall–Kier alpha value is -1.62. The van der Waals surface area contributed by atoms with E-state index in [1.54, 1.807) is 0 Å². The standard InChI is InChI=1S/C39H72O5/c1-3-5-7-9-11-13-15-17-18-19-20-22-24-26-28-30-32-34-39(42)44-37(35-40)36-43-38(41)33-31-29-27-25-23-21-16-14-12-10-8-6-4-2/h21,23,27,29,37,40H,3-20,22,24-26,28,30-36H2,1-2H3/b23-21+,29-27+. The van der Waals surface area contributed by atoms with Crippen LogP contribution in [0, 0.1) is 0 Å². The average Bonchev–Trinajstić information content (AvgIpc) is 3.02. The molecule has 44 heavy (non-hydrogen) atoms. The molecule has 0 saturated carbocycles. The van der Waals surface area contributed by atoms with Crippen molar-refractivity contribution in [2.75, 3.05) is 13.2 Å². The lowest BCUT2D eigenvalue weighted by molar-refractivity contribution is -0.161. The highest BCUT2D eigenvalue weighted by Crippen LogP contribution is 2.15. The van der Waals surface area contributed by atoms with E-state index >= 15 is 0 Å². The fourth-order valence-electron chi connectivity index (χ4n) is 5.37. The molecule has 0 heterocycles. The van der Waals surface area contributed by atoms with E-state index in [9.17, 15) is 14.7 Å². The number of aliphatic hydroxyl groups excluding tert-OH is 1. The van der Waals surface area contributed by atoms with Crippen molar-refractivity contribution in [1.82, 2.24) is 0 Å². The summed E-state index contributed by atoms with van der Waals surface area (Å²) < 4.78 is 10.5. The summed E-state index contributed by atoms with van der Waals surface area (Å²) in [5.74, 6) is -0.663. The van der Waals surface area contributed by atoms with Crippen molar-refractivity contribution in [3.8, 4) is 0 Å². The molecule has 0 aromatic carbocycles. The second-order valence-corrected chi connectivity index (χ2v) is 12.7. The normalized spacial score (nSPS) is 12.3. The van der Waals surface area contributed by atoms with Crippen LogP contribution in [0.4, 0.5) is 0 Å². The molecule has 0 fully saturated rings. The maximum atomic E-state index is 12.1. The highest BCUT2D eigenvalue weighted by atomic mass is 16.6. The molecule has 1 atom stereocenters. The van der Waals surface area contributed by atoms with Crippen LogP contribution >= 0.6 is 0 Å². The smallest absolute Gasteiger partial charge is 0.306 e. The summed E-state index contributed by atoms with van der Waals surface area (Å²) in [5, 5.41) is 9.52. The Bertz CT molecular complexity index is 671. The number of ether oxygens (including phenoxy) is 2. The van der Waals surface area contributed by atoms with Gasteiger partial charge in [0.1, 0.15) is 6.61 Å². The van der Waals surface area contributed by atoms with E-state index in [0.29, 0.717) is 12.8 Å². The predicted octanol–water partition coefficient (Wildman–Crippen LogP) is 11.5. The lowest BCUT2D eigenvalue weighted by Gasteiger charge is -2.15. The van der Waals surface area contributed by atoms with Crippen molar-refractivity contribution < 1.29 is 24.2 Å². The summed E-state index contributed by atoms with van der Waals surface area (Å²) in [7, 11) is 0. The van der Waals surface area contributed by atoms with E-state index in [0.717, 1.165) is 32.1 Å². The molecule has 0 bridgehead atoms. The SMILES string of the molecule is CCCCCCCC/C=C/C/C=C/CCC(=O)OCC(CO)OC(=O)CCCCCCCCCCCCCCCCCCC. The molecule has 0 rings (SSSR count). The van der Waals surface area contributed by atoms with Crippen molar-refractivity contribution in [1.29, 1.82) is 0 Å². The Morgan fingerprint density at radius 1 is 0.523 bits per heavy atom. The maximum absolute atomic E-state index is 12.1. The minimum absolute atomic E-state index is 0.0922. The molecule has 0 radical (unpaired) electrons. The van der Waals surface area contributed by atoms with Crippen LogP contribution in [0.1, 0.15) is 194 Å². The number of hydrogen-bond acceptors (Lipinski definition) is 5. The molecule has 0 spiro atoms. The van der Waals surface area contributed by atoms with Gasteiger partial charge < -0.3 is 14.6 Å². The molecule has 5 nitrogen and oxygen atoms in total. The first-order valence-electron chi connectivity index (χ1n) is 18.9. The summed E-state index contributed by atoms with van der Waals surface area (Å²) in [6.45, 7) is 4.08. The molecule has 0 aromatic rings. The molecule has 0 aromatic heterocycles. The minimum atomic E-state index is -0.787. The van der Waals surface area contributed by atoms with Crippen LogP contribution in [-0.4, -0.2) is 36.4 Å². The first-order chi connectivity index (χ1) is 21.6. The Kier molecular flexibility index (Phi) is 34.5. The zero-order chi connectivity index (χ0) is 32.2. The Morgan fingerprint density at radius 3 is 1.43 bits per heavy atom. The number of esters is 2. The van der Waals surface area contributed by atoms with Gasteiger partial charge in [0.2, 0.25) is 0 Å². The van der Waals surface area contributed by atoms with Gasteiger partial charge in [-0.05, 0) is 32.1 Å². The number of aliphatic hydroxyl groups is 1. The van der Waals surface area contributed by atoms with Gasteiger partial charge in [0.15, 0.2) is 6.10 Å². The number of unbranched alkanes of at least 4 members (excludes halogenated alkanes) is 22. The van der Waals surface area contributed by atoms with Gasteiger partial charge in [0, 0.05) is 12.8 Å². The summed E-state index contributed by atoms with van der Waals surface area (Å²) in [5.41, 5.74) is 0. The molecular formula is C39H72O5. The van der Waals surface area contributed by atoms with Gasteiger partial charge in [-0.2, -0.15) is 0 Å². The predicted molar refractivity (Wildman–Crippen MR) is 187 cm³/mol. The van der Waals surface area contributed by atoms with Crippen LogP contribution < -0.4 is 0 Å². The second-order valence-electron chi connectivity index (χ2n) is 12.7. The lowest BCUT2D eigenvalue weighted by Crippen LogP contribution is -2.28. The molecular weight excluding hydrogens is 548 g/mol. The Morgan fingerprint density at radius 2 is 0.955 bits per heavy atom. The van der Waals surface area contributed by atoms with Crippen molar-refractivity contribution in [3.63, 3.8) is 0 Å². The fraction of sp³-hybridized carbons (Fsp3) is 0.846. The first-order valence-corrected chi connectivity index (χ1v) is 18.9. The molecule has 0 aliphatic rings. The molecule has 0 aliphatic carbocycles. The van der Waals surface area contributed by atoms with Gasteiger partial charge >= 0.3 is 11.9 Å². The molecule has 1 N–H and O–H groups in total. The van der Waals surface area contributed by atoms with Crippen LogP contribution in [0.5, 0.6) is 0 Å². The number of carbonyl (C=O) groups excluding carboxylic acids is 2. The minimum Gasteiger partial charge on any atom is -0.462 e. The molecule has 258 valence electrons. The monoisotopic (exact) mass is 621 g/mol.